The van der Waals surface area contributed by atoms with Gasteiger partial charge in [-0.25, -0.2) is 0 Å². The van der Waals surface area contributed by atoms with Crippen LogP contribution in [-0.4, -0.2) is 37.1 Å². The zero-order chi connectivity index (χ0) is 16.1. The number of rotatable bonds is 4. The van der Waals surface area contributed by atoms with Crippen LogP contribution >= 0.6 is 0 Å². The minimum atomic E-state index is -2.92. The summed E-state index contributed by atoms with van der Waals surface area (Å²) < 4.78 is 34.2. The number of nitrogens with zero attached hydrogens (tertiary/aromatic N) is 1. The summed E-state index contributed by atoms with van der Waals surface area (Å²) in [5.41, 5.74) is 0.463. The highest BCUT2D eigenvalue weighted by Gasteiger charge is 2.57. The van der Waals surface area contributed by atoms with Crippen molar-refractivity contribution >= 4 is 5.91 Å². The van der Waals surface area contributed by atoms with E-state index in [9.17, 15) is 13.6 Å². The van der Waals surface area contributed by atoms with Crippen LogP contribution < -0.4 is 9.47 Å². The van der Waals surface area contributed by atoms with Crippen molar-refractivity contribution in [2.75, 3.05) is 13.7 Å². The van der Waals surface area contributed by atoms with E-state index in [-0.39, 0.29) is 17.4 Å². The van der Waals surface area contributed by atoms with Crippen molar-refractivity contribution in [1.82, 2.24) is 4.90 Å². The summed E-state index contributed by atoms with van der Waals surface area (Å²) in [6.45, 7) is -2.10. The first-order valence-corrected chi connectivity index (χ1v) is 8.02. The Hall–Kier alpha value is -1.85. The molecule has 0 aromatic heterocycles. The molecule has 0 N–H and O–H groups in total. The molecule has 3 aliphatic rings. The fraction of sp³-hybridized carbons (Fsp3) is 0.588. The number of halogens is 2. The third kappa shape index (κ3) is 2.26. The molecule has 2 aliphatic carbocycles. The lowest BCUT2D eigenvalue weighted by Crippen LogP contribution is -2.60. The summed E-state index contributed by atoms with van der Waals surface area (Å²) in [5, 5.41) is 0. The smallest absolute Gasteiger partial charge is 0.387 e. The van der Waals surface area contributed by atoms with Crippen LogP contribution in [0, 0.1) is 17.8 Å². The lowest BCUT2D eigenvalue weighted by atomic mass is 9.76. The van der Waals surface area contributed by atoms with Gasteiger partial charge < -0.3 is 14.4 Å². The molecule has 0 spiro atoms. The molecule has 4 nitrogen and oxygen atoms in total. The van der Waals surface area contributed by atoms with Gasteiger partial charge in [0.05, 0.1) is 7.11 Å². The number of fused-ring (bicyclic) bond motifs is 5. The number of benzene rings is 1. The van der Waals surface area contributed by atoms with Gasteiger partial charge in [0.15, 0.2) is 11.5 Å². The predicted molar refractivity (Wildman–Crippen MR) is 78.8 cm³/mol. The van der Waals surface area contributed by atoms with Crippen LogP contribution in [0.1, 0.15) is 29.6 Å². The third-order valence-electron chi connectivity index (χ3n) is 5.70. The number of carbonyl (C=O) groups is 1. The molecule has 1 aromatic rings. The first-order chi connectivity index (χ1) is 11.1. The van der Waals surface area contributed by atoms with Crippen LogP contribution in [0.4, 0.5) is 8.78 Å². The Labute approximate surface area is 133 Å². The number of hydrogen-bond acceptors (Lipinski definition) is 3. The van der Waals surface area contributed by atoms with Crippen LogP contribution in [0.25, 0.3) is 0 Å². The zero-order valence-corrected chi connectivity index (χ0v) is 12.9. The minimum absolute atomic E-state index is 0.0410. The van der Waals surface area contributed by atoms with Crippen LogP contribution in [0.3, 0.4) is 0 Å². The van der Waals surface area contributed by atoms with Gasteiger partial charge in [0.25, 0.3) is 5.91 Å². The van der Waals surface area contributed by atoms with Gasteiger partial charge in [-0.05, 0) is 49.3 Å². The van der Waals surface area contributed by atoms with Crippen molar-refractivity contribution in [1.29, 1.82) is 0 Å². The molecule has 2 bridgehead atoms. The quantitative estimate of drug-likeness (QED) is 0.854. The first kappa shape index (κ1) is 14.7. The van der Waals surface area contributed by atoms with E-state index in [4.69, 9.17) is 4.74 Å². The Morgan fingerprint density at radius 1 is 1.26 bits per heavy atom. The van der Waals surface area contributed by atoms with E-state index in [0.29, 0.717) is 23.4 Å². The number of alkyl halides is 2. The Morgan fingerprint density at radius 3 is 2.74 bits per heavy atom. The highest BCUT2D eigenvalue weighted by molar-refractivity contribution is 5.95. The fourth-order valence-corrected chi connectivity index (χ4v) is 4.71. The van der Waals surface area contributed by atoms with Gasteiger partial charge in [-0.1, -0.05) is 0 Å². The lowest BCUT2D eigenvalue weighted by Gasteiger charge is -2.50. The second-order valence-corrected chi connectivity index (χ2v) is 6.69. The van der Waals surface area contributed by atoms with Crippen LogP contribution in [0.2, 0.25) is 0 Å². The number of ether oxygens (including phenoxy) is 2. The van der Waals surface area contributed by atoms with Crippen molar-refractivity contribution in [2.24, 2.45) is 17.8 Å². The number of amides is 1. The molecule has 6 heteroatoms. The van der Waals surface area contributed by atoms with Gasteiger partial charge in [0.1, 0.15) is 0 Å². The molecule has 0 radical (unpaired) electrons. The number of carbonyl (C=O) groups excluding carboxylic acids is 1. The molecule has 1 heterocycles. The summed E-state index contributed by atoms with van der Waals surface area (Å²) in [5.74, 6) is 2.17. The molecule has 1 saturated heterocycles. The molecule has 1 aromatic carbocycles. The summed E-state index contributed by atoms with van der Waals surface area (Å²) >= 11 is 0. The standard InChI is InChI=1S/C17H19F2NO3/c1-22-14-7-11(4-5-13(14)23-17(18)19)16(21)20-8-12-9-2-3-10(6-9)15(12)20/h4-5,7,9-10,12,15,17H,2-3,6,8H2,1H3/t9-,10-,12-,15-/m0/s1. The van der Waals surface area contributed by atoms with Crippen molar-refractivity contribution < 1.29 is 23.0 Å². The van der Waals surface area contributed by atoms with E-state index in [0.717, 1.165) is 12.5 Å². The third-order valence-corrected chi connectivity index (χ3v) is 5.70. The van der Waals surface area contributed by atoms with E-state index < -0.39 is 6.61 Å². The van der Waals surface area contributed by atoms with Gasteiger partial charge in [-0.3, -0.25) is 4.79 Å². The molecule has 4 atom stereocenters. The molecule has 0 unspecified atom stereocenters. The van der Waals surface area contributed by atoms with Crippen molar-refractivity contribution in [2.45, 2.75) is 31.9 Å². The molecule has 3 fully saturated rings. The largest absolute Gasteiger partial charge is 0.493 e. The number of hydrogen-bond donors (Lipinski definition) is 0. The fourth-order valence-electron chi connectivity index (χ4n) is 4.71. The van der Waals surface area contributed by atoms with Gasteiger partial charge in [0.2, 0.25) is 0 Å². The molecular weight excluding hydrogens is 304 g/mol. The summed E-state index contributed by atoms with van der Waals surface area (Å²) in [6.07, 6.45) is 3.78. The predicted octanol–water partition coefficient (Wildman–Crippen LogP) is 3.17. The second kappa shape index (κ2) is 5.35. The topological polar surface area (TPSA) is 38.8 Å². The van der Waals surface area contributed by atoms with Crippen LogP contribution in [-0.2, 0) is 0 Å². The maximum atomic E-state index is 12.7. The molecule has 23 heavy (non-hydrogen) atoms. The normalized spacial score (nSPS) is 31.0. The summed E-state index contributed by atoms with van der Waals surface area (Å²) in [4.78, 5) is 14.7. The van der Waals surface area contributed by atoms with Gasteiger partial charge in [0, 0.05) is 24.1 Å². The average molecular weight is 323 g/mol. The van der Waals surface area contributed by atoms with Crippen LogP contribution in [0.5, 0.6) is 11.5 Å². The Bertz CT molecular complexity index is 634. The molecule has 4 rings (SSSR count). The van der Waals surface area contributed by atoms with Crippen molar-refractivity contribution in [3.05, 3.63) is 23.8 Å². The van der Waals surface area contributed by atoms with E-state index in [1.54, 1.807) is 0 Å². The lowest BCUT2D eigenvalue weighted by molar-refractivity contribution is -0.0512. The maximum Gasteiger partial charge on any atom is 0.387 e. The van der Waals surface area contributed by atoms with Crippen molar-refractivity contribution in [3.63, 3.8) is 0 Å². The minimum Gasteiger partial charge on any atom is -0.493 e. The molecule has 1 aliphatic heterocycles. The second-order valence-electron chi connectivity index (χ2n) is 6.69. The highest BCUT2D eigenvalue weighted by Crippen LogP contribution is 2.55. The first-order valence-electron chi connectivity index (χ1n) is 8.02. The number of methoxy groups -OCH3 is 1. The van der Waals surface area contributed by atoms with Gasteiger partial charge in [-0.15, -0.1) is 0 Å². The van der Waals surface area contributed by atoms with Gasteiger partial charge >= 0.3 is 6.61 Å². The maximum absolute atomic E-state index is 12.7. The molecule has 1 amide bonds. The molecule has 124 valence electrons. The van der Waals surface area contributed by atoms with Crippen molar-refractivity contribution in [3.8, 4) is 11.5 Å². The Morgan fingerprint density at radius 2 is 2.04 bits per heavy atom. The van der Waals surface area contributed by atoms with E-state index in [1.165, 1.54) is 44.6 Å². The highest BCUT2D eigenvalue weighted by atomic mass is 19.3. The van der Waals surface area contributed by atoms with Gasteiger partial charge in [-0.2, -0.15) is 8.78 Å². The zero-order valence-electron chi connectivity index (χ0n) is 12.9. The Balaban J connectivity index is 1.53. The average Bonchev–Trinajstić information content (AvgIpc) is 3.03. The van der Waals surface area contributed by atoms with E-state index in [1.807, 2.05) is 4.90 Å². The SMILES string of the molecule is COc1cc(C(=O)N2C[C@H]3[C@H]4CC[C@@H](C4)[C@@H]32)ccc1OC(F)F. The monoisotopic (exact) mass is 323 g/mol. The molecule has 2 saturated carbocycles. The molecular formula is C17H19F2NO3. The number of likely N-dealkylation sites (tertiary alicyclic amines) is 1. The Kier molecular flexibility index (Phi) is 3.43. The van der Waals surface area contributed by atoms with E-state index >= 15 is 0 Å². The summed E-state index contributed by atoms with van der Waals surface area (Å²) in [7, 11) is 1.37. The van der Waals surface area contributed by atoms with E-state index in [2.05, 4.69) is 4.74 Å². The summed E-state index contributed by atoms with van der Waals surface area (Å²) in [6, 6.07) is 4.77. The van der Waals surface area contributed by atoms with Crippen LogP contribution in [0.15, 0.2) is 18.2 Å².